The van der Waals surface area contributed by atoms with E-state index in [4.69, 9.17) is 4.74 Å². The molecule has 7 heteroatoms. The van der Waals surface area contributed by atoms with Gasteiger partial charge in [-0.2, -0.15) is 0 Å². The summed E-state index contributed by atoms with van der Waals surface area (Å²) in [6.07, 6.45) is 3.48. The average molecular weight is 431 g/mol. The van der Waals surface area contributed by atoms with Crippen molar-refractivity contribution in [3.63, 3.8) is 0 Å². The van der Waals surface area contributed by atoms with Crippen LogP contribution in [0.15, 0.2) is 72.1 Å². The Morgan fingerprint density at radius 3 is 2.55 bits per heavy atom. The number of Topliss-reactive ketones (excluding diaryl/α,β-unsaturated/α-hetero) is 1. The highest BCUT2D eigenvalue weighted by Gasteiger charge is 2.19. The predicted octanol–water partition coefficient (Wildman–Crippen LogP) is 4.93. The fourth-order valence-electron chi connectivity index (χ4n) is 3.37. The van der Waals surface area contributed by atoms with E-state index in [9.17, 15) is 4.79 Å². The zero-order valence-electron chi connectivity index (χ0n) is 17.6. The Kier molecular flexibility index (Phi) is 6.13. The van der Waals surface area contributed by atoms with E-state index in [0.29, 0.717) is 16.5 Å². The molecular formula is C24H22N4O2S. The number of para-hydroxylation sites is 1. The number of benzene rings is 2. The third kappa shape index (κ3) is 4.36. The van der Waals surface area contributed by atoms with Crippen LogP contribution < -0.4 is 4.74 Å². The van der Waals surface area contributed by atoms with E-state index in [-0.39, 0.29) is 11.5 Å². The van der Waals surface area contributed by atoms with Crippen molar-refractivity contribution < 1.29 is 9.53 Å². The van der Waals surface area contributed by atoms with Crippen LogP contribution in [-0.2, 0) is 0 Å². The highest BCUT2D eigenvalue weighted by atomic mass is 32.2. The summed E-state index contributed by atoms with van der Waals surface area (Å²) in [4.78, 5) is 17.2. The van der Waals surface area contributed by atoms with Gasteiger partial charge in [0.15, 0.2) is 16.8 Å². The molecule has 0 amide bonds. The van der Waals surface area contributed by atoms with Gasteiger partial charge in [0.05, 0.1) is 12.9 Å². The molecule has 0 bridgehead atoms. The molecule has 0 radical (unpaired) electrons. The molecule has 0 fully saturated rings. The van der Waals surface area contributed by atoms with Gasteiger partial charge >= 0.3 is 0 Å². The first kappa shape index (κ1) is 20.8. The highest BCUT2D eigenvalue weighted by molar-refractivity contribution is 7.99. The monoisotopic (exact) mass is 430 g/mol. The number of aryl methyl sites for hydroxylation is 2. The topological polar surface area (TPSA) is 69.9 Å². The average Bonchev–Trinajstić information content (AvgIpc) is 3.24. The van der Waals surface area contributed by atoms with Crippen molar-refractivity contribution in [3.05, 3.63) is 83.7 Å². The fourth-order valence-corrected chi connectivity index (χ4v) is 4.21. The normalized spacial score (nSPS) is 10.8. The first-order valence-corrected chi connectivity index (χ1v) is 10.8. The molecule has 4 aromatic rings. The number of aromatic nitrogens is 4. The van der Waals surface area contributed by atoms with Gasteiger partial charge in [-0.15, -0.1) is 10.2 Å². The van der Waals surface area contributed by atoms with E-state index < -0.39 is 0 Å². The van der Waals surface area contributed by atoms with Crippen LogP contribution in [0.5, 0.6) is 5.75 Å². The molecule has 6 nitrogen and oxygen atoms in total. The molecule has 0 aliphatic carbocycles. The molecule has 0 unspecified atom stereocenters. The summed E-state index contributed by atoms with van der Waals surface area (Å²) in [5.74, 6) is 1.76. The lowest BCUT2D eigenvalue weighted by atomic mass is 10.0. The second kappa shape index (κ2) is 9.14. The summed E-state index contributed by atoms with van der Waals surface area (Å²) in [6.45, 7) is 3.86. The van der Waals surface area contributed by atoms with Gasteiger partial charge < -0.3 is 4.74 Å². The number of ketones is 1. The maximum atomic E-state index is 13.0. The van der Waals surface area contributed by atoms with Crippen molar-refractivity contribution in [2.75, 3.05) is 12.9 Å². The molecule has 0 aliphatic heterocycles. The van der Waals surface area contributed by atoms with Gasteiger partial charge in [0.1, 0.15) is 5.75 Å². The second-order valence-corrected chi connectivity index (χ2v) is 8.01. The Balaban J connectivity index is 1.64. The van der Waals surface area contributed by atoms with E-state index in [1.54, 1.807) is 19.5 Å². The van der Waals surface area contributed by atoms with Crippen LogP contribution in [0.1, 0.15) is 21.5 Å². The maximum absolute atomic E-state index is 13.0. The smallest absolute Gasteiger partial charge is 0.196 e. The second-order valence-electron chi connectivity index (χ2n) is 7.07. The summed E-state index contributed by atoms with van der Waals surface area (Å²) < 4.78 is 7.32. The molecule has 0 aliphatic rings. The van der Waals surface area contributed by atoms with E-state index in [2.05, 4.69) is 15.2 Å². The molecule has 156 valence electrons. The number of pyridine rings is 1. The lowest BCUT2D eigenvalue weighted by molar-refractivity contribution is 0.102. The van der Waals surface area contributed by atoms with Gasteiger partial charge in [0.25, 0.3) is 0 Å². The first-order chi connectivity index (χ1) is 15.1. The summed E-state index contributed by atoms with van der Waals surface area (Å²) in [6, 6.07) is 17.5. The maximum Gasteiger partial charge on any atom is 0.196 e. The van der Waals surface area contributed by atoms with Gasteiger partial charge in [-0.05, 0) is 61.4 Å². The molecule has 0 atom stereocenters. The largest absolute Gasteiger partial charge is 0.496 e. The van der Waals surface area contributed by atoms with Crippen molar-refractivity contribution in [2.24, 2.45) is 0 Å². The summed E-state index contributed by atoms with van der Waals surface area (Å²) in [7, 11) is 1.63. The SMILES string of the molecule is COc1cc(C)c(C(=O)CSc2nnc(-c3cccnc3)n2-c2ccccc2)cc1C. The summed E-state index contributed by atoms with van der Waals surface area (Å²) >= 11 is 1.37. The van der Waals surface area contributed by atoms with Crippen LogP contribution in [0.3, 0.4) is 0 Å². The minimum atomic E-state index is 0.0405. The zero-order chi connectivity index (χ0) is 21.8. The number of methoxy groups -OCH3 is 1. The number of carbonyl (C=O) groups excluding carboxylic acids is 1. The molecule has 0 spiro atoms. The van der Waals surface area contributed by atoms with Crippen LogP contribution >= 0.6 is 11.8 Å². The number of hydrogen-bond donors (Lipinski definition) is 0. The van der Waals surface area contributed by atoms with Gasteiger partial charge in [0.2, 0.25) is 0 Å². The molecule has 0 saturated carbocycles. The van der Waals surface area contributed by atoms with E-state index in [1.165, 1.54) is 11.8 Å². The Morgan fingerprint density at radius 1 is 1.03 bits per heavy atom. The number of carbonyl (C=O) groups is 1. The quantitative estimate of drug-likeness (QED) is 0.306. The summed E-state index contributed by atoms with van der Waals surface area (Å²) in [5.41, 5.74) is 4.32. The van der Waals surface area contributed by atoms with E-state index >= 15 is 0 Å². The molecule has 31 heavy (non-hydrogen) atoms. The van der Waals surface area contributed by atoms with Crippen molar-refractivity contribution in [1.82, 2.24) is 19.7 Å². The third-order valence-corrected chi connectivity index (χ3v) is 5.87. The summed E-state index contributed by atoms with van der Waals surface area (Å²) in [5, 5.41) is 9.42. The Morgan fingerprint density at radius 2 is 1.84 bits per heavy atom. The van der Waals surface area contributed by atoms with Gasteiger partial charge in [-0.25, -0.2) is 0 Å². The minimum absolute atomic E-state index is 0.0405. The van der Waals surface area contributed by atoms with Crippen molar-refractivity contribution in [2.45, 2.75) is 19.0 Å². The predicted molar refractivity (Wildman–Crippen MR) is 122 cm³/mol. The van der Waals surface area contributed by atoms with Crippen molar-refractivity contribution >= 4 is 17.5 Å². The molecule has 4 rings (SSSR count). The molecular weight excluding hydrogens is 408 g/mol. The van der Waals surface area contributed by atoms with Gasteiger partial charge in [-0.1, -0.05) is 30.0 Å². The third-order valence-electron chi connectivity index (χ3n) is 4.94. The van der Waals surface area contributed by atoms with Crippen LogP contribution in [0.4, 0.5) is 0 Å². The Bertz CT molecular complexity index is 1210. The number of hydrogen-bond acceptors (Lipinski definition) is 6. The zero-order valence-corrected chi connectivity index (χ0v) is 18.4. The molecule has 2 aromatic heterocycles. The number of thioether (sulfide) groups is 1. The highest BCUT2D eigenvalue weighted by Crippen LogP contribution is 2.29. The van der Waals surface area contributed by atoms with Gasteiger partial charge in [0, 0.05) is 29.2 Å². The Labute approximate surface area is 185 Å². The van der Waals surface area contributed by atoms with Crippen LogP contribution in [0.2, 0.25) is 0 Å². The van der Waals surface area contributed by atoms with Gasteiger partial charge in [-0.3, -0.25) is 14.3 Å². The number of rotatable bonds is 7. The molecule has 0 saturated heterocycles. The fraction of sp³-hybridized carbons (Fsp3) is 0.167. The molecule has 2 heterocycles. The molecule has 2 aromatic carbocycles. The van der Waals surface area contributed by atoms with Crippen molar-refractivity contribution in [1.29, 1.82) is 0 Å². The minimum Gasteiger partial charge on any atom is -0.496 e. The lowest BCUT2D eigenvalue weighted by Crippen LogP contribution is -2.07. The number of ether oxygens (including phenoxy) is 1. The standard InChI is InChI=1S/C24H22N4O2S/c1-16-13-22(30-3)17(2)12-20(16)21(29)15-31-24-27-26-23(18-8-7-11-25-14-18)28(24)19-9-5-4-6-10-19/h4-14H,15H2,1-3H3. The van der Waals surface area contributed by atoms with Crippen LogP contribution in [0, 0.1) is 13.8 Å². The van der Waals surface area contributed by atoms with E-state index in [1.807, 2.05) is 73.0 Å². The lowest BCUT2D eigenvalue weighted by Gasteiger charge is -2.12. The van der Waals surface area contributed by atoms with Crippen LogP contribution in [0.25, 0.3) is 17.1 Å². The van der Waals surface area contributed by atoms with Crippen molar-refractivity contribution in [3.8, 4) is 22.8 Å². The molecule has 0 N–H and O–H groups in total. The Hall–Kier alpha value is -3.45. The number of nitrogens with zero attached hydrogens (tertiary/aromatic N) is 4. The first-order valence-electron chi connectivity index (χ1n) is 9.81. The van der Waals surface area contributed by atoms with E-state index in [0.717, 1.165) is 28.1 Å². The van der Waals surface area contributed by atoms with Crippen LogP contribution in [-0.4, -0.2) is 38.4 Å².